The molecule has 0 N–H and O–H groups in total. The van der Waals surface area contributed by atoms with Crippen LogP contribution in [0.2, 0.25) is 0 Å². The van der Waals surface area contributed by atoms with Gasteiger partial charge in [-0.3, -0.25) is 4.79 Å². The Morgan fingerprint density at radius 2 is 1.13 bits per heavy atom. The lowest BCUT2D eigenvalue weighted by atomic mass is 10.1. The van der Waals surface area contributed by atoms with Crippen LogP contribution in [0, 0.1) is 0 Å². The minimum Gasteiger partial charge on any atom is -0.295 e. The number of benzene rings is 5. The number of ketones is 1. The largest absolute Gasteiger partial charge is 0.295 e. The number of hydrogen-bond acceptors (Lipinski definition) is 5. The number of sulfonamides is 2. The highest BCUT2D eigenvalue weighted by molar-refractivity contribution is 8.10. The number of anilines is 1. The van der Waals surface area contributed by atoms with Crippen molar-refractivity contribution >= 4 is 64.7 Å². The molecule has 192 valence electrons. The Hall–Kier alpha value is -3.72. The van der Waals surface area contributed by atoms with Gasteiger partial charge in [-0.2, -0.15) is 3.71 Å². The molecule has 9 heteroatoms. The normalized spacial score (nSPS) is 12.1. The predicted octanol–water partition coefficient (Wildman–Crippen LogP) is 6.52. The van der Waals surface area contributed by atoms with E-state index in [0.717, 1.165) is 10.8 Å². The van der Waals surface area contributed by atoms with Crippen molar-refractivity contribution in [2.75, 3.05) is 3.71 Å². The number of carbonyl (C=O) groups excluding carboxylic acids is 1. The summed E-state index contributed by atoms with van der Waals surface area (Å²) in [7, 11) is -9.29. The maximum Gasteiger partial charge on any atom is 0.277 e. The minimum absolute atomic E-state index is 0.108. The summed E-state index contributed by atoms with van der Waals surface area (Å²) in [6.07, 6.45) is 0. The zero-order valence-electron chi connectivity index (χ0n) is 20.2. The SMILES string of the molecule is CC(=O)c1ccc(N(S(=O)(=O)c2ccc3ccccc3c2)S(=O)(=O)c2ccc3ccccc3c2)cc1CCl. The van der Waals surface area contributed by atoms with E-state index in [1.54, 1.807) is 36.4 Å². The molecule has 0 spiro atoms. The lowest BCUT2D eigenvalue weighted by Crippen LogP contribution is -2.37. The molecule has 0 aliphatic heterocycles. The fourth-order valence-corrected chi connectivity index (χ4v) is 8.37. The van der Waals surface area contributed by atoms with Gasteiger partial charge in [0.05, 0.1) is 15.5 Å². The van der Waals surface area contributed by atoms with E-state index in [4.69, 9.17) is 11.6 Å². The van der Waals surface area contributed by atoms with Crippen molar-refractivity contribution in [1.82, 2.24) is 0 Å². The second-order valence-corrected chi connectivity index (χ2v) is 12.8. The van der Waals surface area contributed by atoms with Crippen LogP contribution >= 0.6 is 11.6 Å². The Morgan fingerprint density at radius 1 is 0.658 bits per heavy atom. The van der Waals surface area contributed by atoms with Crippen LogP contribution in [0.1, 0.15) is 22.8 Å². The Bertz CT molecular complexity index is 1830. The monoisotopic (exact) mass is 563 g/mol. The molecule has 0 aliphatic rings. The molecule has 0 heterocycles. The Labute approximate surface area is 226 Å². The molecular formula is C29H22ClNO5S2. The first-order chi connectivity index (χ1) is 18.1. The van der Waals surface area contributed by atoms with Gasteiger partial charge >= 0.3 is 0 Å². The Kier molecular flexibility index (Phi) is 6.73. The highest BCUT2D eigenvalue weighted by atomic mass is 35.5. The number of alkyl halides is 1. The van der Waals surface area contributed by atoms with Crippen LogP contribution in [0.25, 0.3) is 21.5 Å². The summed E-state index contributed by atoms with van der Waals surface area (Å²) in [5.41, 5.74) is 0.464. The number of nitrogens with zero attached hydrogens (tertiary/aromatic N) is 1. The molecule has 0 amide bonds. The van der Waals surface area contributed by atoms with E-state index < -0.39 is 20.0 Å². The first-order valence-electron chi connectivity index (χ1n) is 11.6. The zero-order chi connectivity index (χ0) is 27.1. The van der Waals surface area contributed by atoms with Crippen LogP contribution in [0.5, 0.6) is 0 Å². The van der Waals surface area contributed by atoms with E-state index in [1.165, 1.54) is 49.4 Å². The zero-order valence-corrected chi connectivity index (χ0v) is 22.6. The van der Waals surface area contributed by atoms with Crippen molar-refractivity contribution in [1.29, 1.82) is 0 Å². The summed E-state index contributed by atoms with van der Waals surface area (Å²) in [5, 5.41) is 2.91. The molecule has 0 aromatic heterocycles. The van der Waals surface area contributed by atoms with Gasteiger partial charge in [-0.1, -0.05) is 60.7 Å². The Morgan fingerprint density at radius 3 is 1.58 bits per heavy atom. The van der Waals surface area contributed by atoms with Crippen LogP contribution in [-0.2, 0) is 25.9 Å². The van der Waals surface area contributed by atoms with E-state index in [1.807, 2.05) is 24.3 Å². The second kappa shape index (κ2) is 9.87. The number of hydrogen-bond donors (Lipinski definition) is 0. The number of fused-ring (bicyclic) bond motifs is 2. The van der Waals surface area contributed by atoms with E-state index >= 15 is 0 Å². The molecule has 38 heavy (non-hydrogen) atoms. The summed E-state index contributed by atoms with van der Waals surface area (Å²) < 4.78 is 56.9. The lowest BCUT2D eigenvalue weighted by molar-refractivity contribution is 0.101. The van der Waals surface area contributed by atoms with Gasteiger partial charge in [-0.25, -0.2) is 16.8 Å². The molecule has 0 fully saturated rings. The number of carbonyl (C=O) groups is 1. The summed E-state index contributed by atoms with van der Waals surface area (Å²) in [4.78, 5) is 11.7. The molecular weight excluding hydrogens is 542 g/mol. The molecule has 6 nitrogen and oxygen atoms in total. The van der Waals surface area contributed by atoms with Crippen molar-refractivity contribution < 1.29 is 21.6 Å². The van der Waals surface area contributed by atoms with Crippen LogP contribution in [-0.4, -0.2) is 22.6 Å². The molecule has 0 atom stereocenters. The van der Waals surface area contributed by atoms with E-state index in [9.17, 15) is 21.6 Å². The highest BCUT2D eigenvalue weighted by Crippen LogP contribution is 2.34. The molecule has 5 rings (SSSR count). The third-order valence-corrected chi connectivity index (χ3v) is 10.8. The second-order valence-electron chi connectivity index (χ2n) is 8.76. The summed E-state index contributed by atoms with van der Waals surface area (Å²) in [6, 6.07) is 27.3. The molecule has 0 saturated heterocycles. The average molecular weight is 564 g/mol. The topological polar surface area (TPSA) is 88.6 Å². The fraction of sp³-hybridized carbons (Fsp3) is 0.0690. The number of halogens is 1. The van der Waals surface area contributed by atoms with Crippen molar-refractivity contribution in [3.8, 4) is 0 Å². The van der Waals surface area contributed by atoms with Crippen molar-refractivity contribution in [3.05, 3.63) is 114 Å². The Balaban J connectivity index is 1.76. The quantitative estimate of drug-likeness (QED) is 0.166. The molecule has 0 saturated carbocycles. The van der Waals surface area contributed by atoms with Gasteiger partial charge in [0.15, 0.2) is 5.78 Å². The van der Waals surface area contributed by atoms with E-state index in [2.05, 4.69) is 0 Å². The first kappa shape index (κ1) is 25.9. The van der Waals surface area contributed by atoms with Gasteiger partial charge in [-0.05, 0) is 76.5 Å². The van der Waals surface area contributed by atoms with Crippen LogP contribution in [0.15, 0.2) is 113 Å². The maximum absolute atomic E-state index is 14.1. The molecule has 5 aromatic rings. The van der Waals surface area contributed by atoms with E-state index in [-0.39, 0.29) is 32.7 Å². The molecule has 0 unspecified atom stereocenters. The fourth-order valence-electron chi connectivity index (χ4n) is 4.40. The molecule has 5 aromatic carbocycles. The van der Waals surface area contributed by atoms with Gasteiger partial charge in [-0.15, -0.1) is 11.6 Å². The van der Waals surface area contributed by atoms with Crippen molar-refractivity contribution in [2.24, 2.45) is 0 Å². The number of Topliss-reactive ketones (excluding diaryl/α,β-unsaturated/α-hetero) is 1. The van der Waals surface area contributed by atoms with Gasteiger partial charge in [0.1, 0.15) is 0 Å². The maximum atomic E-state index is 14.1. The molecule has 0 bridgehead atoms. The summed E-state index contributed by atoms with van der Waals surface area (Å²) in [5.74, 6) is -0.378. The predicted molar refractivity (Wildman–Crippen MR) is 151 cm³/mol. The van der Waals surface area contributed by atoms with Gasteiger partial charge in [0.2, 0.25) is 0 Å². The summed E-state index contributed by atoms with van der Waals surface area (Å²) in [6.45, 7) is 1.36. The van der Waals surface area contributed by atoms with Gasteiger partial charge < -0.3 is 0 Å². The third-order valence-electron chi connectivity index (χ3n) is 6.30. The summed E-state index contributed by atoms with van der Waals surface area (Å²) >= 11 is 6.08. The van der Waals surface area contributed by atoms with Gasteiger partial charge in [0.25, 0.3) is 20.0 Å². The highest BCUT2D eigenvalue weighted by Gasteiger charge is 2.37. The van der Waals surface area contributed by atoms with Crippen LogP contribution < -0.4 is 3.71 Å². The molecule has 0 aliphatic carbocycles. The minimum atomic E-state index is -4.65. The lowest BCUT2D eigenvalue weighted by Gasteiger charge is -2.25. The average Bonchev–Trinajstić information content (AvgIpc) is 2.92. The van der Waals surface area contributed by atoms with Gasteiger partial charge in [0, 0.05) is 11.4 Å². The third kappa shape index (κ3) is 4.55. The first-order valence-corrected chi connectivity index (χ1v) is 15.0. The van der Waals surface area contributed by atoms with Crippen molar-refractivity contribution in [2.45, 2.75) is 22.6 Å². The smallest absolute Gasteiger partial charge is 0.277 e. The molecule has 0 radical (unpaired) electrons. The van der Waals surface area contributed by atoms with Crippen LogP contribution in [0.3, 0.4) is 0 Å². The van der Waals surface area contributed by atoms with Crippen molar-refractivity contribution in [3.63, 3.8) is 0 Å². The number of rotatable bonds is 7. The standard InChI is InChI=1S/C29H22ClNO5S2/c1-20(32)29-15-12-26(16-25(29)19-30)31(37(33,34)27-13-10-21-6-2-4-8-23(21)17-27)38(35,36)28-14-11-22-7-3-5-9-24(22)18-28/h2-18H,19H2,1H3. The van der Waals surface area contributed by atoms with E-state index in [0.29, 0.717) is 20.0 Å². The van der Waals surface area contributed by atoms with Crippen LogP contribution in [0.4, 0.5) is 5.69 Å².